The first-order valence-corrected chi connectivity index (χ1v) is 10.5. The normalized spacial score (nSPS) is 18.9. The van der Waals surface area contributed by atoms with E-state index in [4.69, 9.17) is 5.73 Å². The van der Waals surface area contributed by atoms with Crippen molar-refractivity contribution in [2.24, 2.45) is 11.7 Å². The number of carbonyl (C=O) groups excluding carboxylic acids is 1. The van der Waals surface area contributed by atoms with Crippen LogP contribution in [0.1, 0.15) is 44.6 Å². The second-order valence-corrected chi connectivity index (χ2v) is 8.79. The summed E-state index contributed by atoms with van der Waals surface area (Å²) in [7, 11) is -3.66. The molecule has 1 aliphatic carbocycles. The van der Waals surface area contributed by atoms with Gasteiger partial charge >= 0.3 is 0 Å². The van der Waals surface area contributed by atoms with Crippen molar-refractivity contribution in [3.05, 3.63) is 23.8 Å². The average molecular weight is 402 g/mol. The van der Waals surface area contributed by atoms with Gasteiger partial charge in [0.05, 0.1) is 4.90 Å². The zero-order valence-corrected chi connectivity index (χ0v) is 16.7. The van der Waals surface area contributed by atoms with Crippen molar-refractivity contribution in [3.8, 4) is 0 Å². The Morgan fingerprint density at radius 3 is 2.62 bits per heavy atom. The number of anilines is 1. The lowest BCUT2D eigenvalue weighted by molar-refractivity contribution is -0.116. The van der Waals surface area contributed by atoms with Crippen molar-refractivity contribution in [1.29, 1.82) is 0 Å². The molecule has 1 aromatic rings. The molecule has 1 heterocycles. The van der Waals surface area contributed by atoms with Gasteiger partial charge in [-0.1, -0.05) is 25.3 Å². The number of hydrogen-bond acceptors (Lipinski definition) is 4. The lowest BCUT2D eigenvalue weighted by atomic mass is 9.84. The van der Waals surface area contributed by atoms with E-state index >= 15 is 0 Å². The highest BCUT2D eigenvalue weighted by Gasteiger charge is 2.29. The number of carbonyl (C=O) groups is 1. The van der Waals surface area contributed by atoms with Crippen molar-refractivity contribution in [1.82, 2.24) is 4.72 Å². The first-order chi connectivity index (χ1) is 11.9. The van der Waals surface area contributed by atoms with E-state index < -0.39 is 10.0 Å². The third kappa shape index (κ3) is 4.39. The van der Waals surface area contributed by atoms with Crippen LogP contribution in [0.4, 0.5) is 5.69 Å². The molecule has 8 heteroatoms. The van der Waals surface area contributed by atoms with E-state index in [-0.39, 0.29) is 29.3 Å². The van der Waals surface area contributed by atoms with Gasteiger partial charge in [0.25, 0.3) is 0 Å². The molecule has 1 fully saturated rings. The minimum absolute atomic E-state index is 0. The number of amides is 1. The summed E-state index contributed by atoms with van der Waals surface area (Å²) in [4.78, 5) is 13.6. The summed E-state index contributed by atoms with van der Waals surface area (Å²) < 4.78 is 28.5. The average Bonchev–Trinajstić information content (AvgIpc) is 3.04. The highest BCUT2D eigenvalue weighted by Crippen LogP contribution is 2.31. The zero-order chi connectivity index (χ0) is 18.0. The minimum Gasteiger partial charge on any atom is -0.329 e. The second-order valence-electron chi connectivity index (χ2n) is 7.07. The molecular weight excluding hydrogens is 374 g/mol. The van der Waals surface area contributed by atoms with Gasteiger partial charge < -0.3 is 10.6 Å². The maximum absolute atomic E-state index is 12.9. The first kappa shape index (κ1) is 21.2. The summed E-state index contributed by atoms with van der Waals surface area (Å²) in [6, 6.07) is 4.81. The van der Waals surface area contributed by atoms with Gasteiger partial charge in [0.1, 0.15) is 0 Å². The Kier molecular flexibility index (Phi) is 7.07. The lowest BCUT2D eigenvalue weighted by Gasteiger charge is -2.30. The number of nitrogens with one attached hydrogen (secondary N) is 1. The predicted molar refractivity (Wildman–Crippen MR) is 105 cm³/mol. The number of halogens is 1. The molecule has 1 saturated carbocycles. The molecule has 1 amide bonds. The number of rotatable bonds is 5. The van der Waals surface area contributed by atoms with Crippen LogP contribution < -0.4 is 15.4 Å². The predicted octanol–water partition coefficient (Wildman–Crippen LogP) is 2.20. The Hall–Kier alpha value is -1.15. The Labute approximate surface area is 162 Å². The zero-order valence-electron chi connectivity index (χ0n) is 15.1. The summed E-state index contributed by atoms with van der Waals surface area (Å²) >= 11 is 0. The fourth-order valence-electron chi connectivity index (χ4n) is 3.99. The van der Waals surface area contributed by atoms with E-state index in [2.05, 4.69) is 4.72 Å². The molecule has 0 radical (unpaired) electrons. The molecule has 1 aliphatic heterocycles. The second kappa shape index (κ2) is 8.69. The Bertz CT molecular complexity index is 748. The number of nitrogens with zero attached hydrogens (tertiary/aromatic N) is 1. The monoisotopic (exact) mass is 401 g/mol. The van der Waals surface area contributed by atoms with E-state index in [1.807, 2.05) is 6.07 Å². The topological polar surface area (TPSA) is 92.5 Å². The number of fused-ring (bicyclic) bond motifs is 1. The van der Waals surface area contributed by atoms with Crippen molar-refractivity contribution in [3.63, 3.8) is 0 Å². The van der Waals surface area contributed by atoms with Crippen LogP contribution in [-0.2, 0) is 21.2 Å². The fourth-order valence-corrected chi connectivity index (χ4v) is 5.33. The molecule has 1 atom stereocenters. The number of benzene rings is 1. The van der Waals surface area contributed by atoms with Gasteiger partial charge in [-0.05, 0) is 42.9 Å². The highest BCUT2D eigenvalue weighted by atomic mass is 35.5. The van der Waals surface area contributed by atoms with Crippen LogP contribution >= 0.6 is 12.4 Å². The molecule has 1 aromatic carbocycles. The molecule has 3 rings (SSSR count). The Morgan fingerprint density at radius 2 is 2.00 bits per heavy atom. The van der Waals surface area contributed by atoms with E-state index in [9.17, 15) is 13.2 Å². The van der Waals surface area contributed by atoms with Crippen LogP contribution in [0.5, 0.6) is 0 Å². The van der Waals surface area contributed by atoms with Gasteiger partial charge in [0.15, 0.2) is 0 Å². The van der Waals surface area contributed by atoms with Crippen molar-refractivity contribution < 1.29 is 13.2 Å². The fraction of sp³-hybridized carbons (Fsp3) is 0.611. The van der Waals surface area contributed by atoms with Crippen LogP contribution in [0.25, 0.3) is 0 Å². The van der Waals surface area contributed by atoms with E-state index in [1.165, 1.54) is 13.3 Å². The van der Waals surface area contributed by atoms with Crippen molar-refractivity contribution in [2.45, 2.75) is 56.4 Å². The maximum Gasteiger partial charge on any atom is 0.240 e. The highest BCUT2D eigenvalue weighted by molar-refractivity contribution is 7.89. The molecule has 146 valence electrons. The smallest absolute Gasteiger partial charge is 0.240 e. The van der Waals surface area contributed by atoms with Crippen LogP contribution in [-0.4, -0.2) is 33.5 Å². The first-order valence-electron chi connectivity index (χ1n) is 9.06. The number of nitrogens with two attached hydrogens (primary N) is 1. The van der Waals surface area contributed by atoms with Gasteiger partial charge in [-0.2, -0.15) is 0 Å². The van der Waals surface area contributed by atoms with Crippen LogP contribution in [0.2, 0.25) is 0 Å². The van der Waals surface area contributed by atoms with E-state index in [0.717, 1.165) is 37.7 Å². The van der Waals surface area contributed by atoms with E-state index in [0.29, 0.717) is 24.7 Å². The molecule has 0 bridgehead atoms. The van der Waals surface area contributed by atoms with Crippen LogP contribution in [0.3, 0.4) is 0 Å². The Morgan fingerprint density at radius 1 is 1.31 bits per heavy atom. The third-order valence-corrected chi connectivity index (χ3v) is 6.91. The standard InChI is InChI=1S/C18H27N3O3S.ClH/c1-13(22)21-10-9-15-7-8-16(11-18(15)21)25(23,24)20-17(12-19)14-5-3-2-4-6-14;/h7-8,11,14,17,20H,2-6,9-10,12,19H2,1H3;1H. The van der Waals surface area contributed by atoms with Crippen molar-refractivity contribution >= 4 is 34.0 Å². The molecule has 26 heavy (non-hydrogen) atoms. The number of sulfonamides is 1. The van der Waals surface area contributed by atoms with Gasteiger partial charge in [-0.25, -0.2) is 13.1 Å². The summed E-state index contributed by atoms with van der Waals surface area (Å²) in [6.07, 6.45) is 6.28. The molecular formula is C18H28ClN3O3S. The maximum atomic E-state index is 12.9. The lowest BCUT2D eigenvalue weighted by Crippen LogP contribution is -2.45. The largest absolute Gasteiger partial charge is 0.329 e. The molecule has 0 aromatic heterocycles. The van der Waals surface area contributed by atoms with Gasteiger partial charge in [-0.3, -0.25) is 4.79 Å². The van der Waals surface area contributed by atoms with Gasteiger partial charge in [-0.15, -0.1) is 12.4 Å². The van der Waals surface area contributed by atoms with Crippen LogP contribution in [0.15, 0.2) is 23.1 Å². The van der Waals surface area contributed by atoms with Gasteiger partial charge in [0.2, 0.25) is 15.9 Å². The molecule has 0 saturated heterocycles. The molecule has 0 spiro atoms. The SMILES string of the molecule is CC(=O)N1CCc2ccc(S(=O)(=O)NC(CN)C3CCCCC3)cc21.Cl. The summed E-state index contributed by atoms with van der Waals surface area (Å²) in [5, 5.41) is 0. The molecule has 2 aliphatic rings. The molecule has 1 unspecified atom stereocenters. The summed E-state index contributed by atoms with van der Waals surface area (Å²) in [5.41, 5.74) is 7.58. The number of hydrogen-bond donors (Lipinski definition) is 2. The van der Waals surface area contributed by atoms with Crippen molar-refractivity contribution in [2.75, 3.05) is 18.0 Å². The molecule has 6 nitrogen and oxygen atoms in total. The minimum atomic E-state index is -3.66. The van der Waals surface area contributed by atoms with Crippen LogP contribution in [0, 0.1) is 5.92 Å². The summed E-state index contributed by atoms with van der Waals surface area (Å²) in [6.45, 7) is 2.41. The quantitative estimate of drug-likeness (QED) is 0.791. The summed E-state index contributed by atoms with van der Waals surface area (Å²) in [5.74, 6) is 0.236. The van der Waals surface area contributed by atoms with E-state index in [1.54, 1.807) is 17.0 Å². The van der Waals surface area contributed by atoms with Gasteiger partial charge in [0, 0.05) is 31.7 Å². The third-order valence-electron chi connectivity index (χ3n) is 5.42. The molecule has 3 N–H and O–H groups in total. The Balaban J connectivity index is 0.00000243.